The minimum absolute atomic E-state index is 0.0658. The van der Waals surface area contributed by atoms with Gasteiger partial charge in [-0.15, -0.1) is 0 Å². The molecule has 2 atom stereocenters. The predicted molar refractivity (Wildman–Crippen MR) is 68.3 cm³/mol. The van der Waals surface area contributed by atoms with Crippen LogP contribution in [0.25, 0.3) is 0 Å². The molecule has 0 aliphatic carbocycles. The molecule has 0 aromatic heterocycles. The number of amides is 2. The van der Waals surface area contributed by atoms with Gasteiger partial charge in [-0.05, 0) is 19.4 Å². The van der Waals surface area contributed by atoms with E-state index >= 15 is 0 Å². The first-order valence-corrected chi connectivity index (χ1v) is 6.30. The molecule has 1 saturated heterocycles. The molecule has 1 rings (SSSR count). The largest absolute Gasteiger partial charge is 0.467 e. The predicted octanol–water partition coefficient (Wildman–Crippen LogP) is -1.13. The smallest absolute Gasteiger partial charge is 0.329 e. The molecule has 1 heterocycles. The van der Waals surface area contributed by atoms with Gasteiger partial charge in [0, 0.05) is 20.5 Å². The van der Waals surface area contributed by atoms with E-state index in [4.69, 9.17) is 0 Å². The van der Waals surface area contributed by atoms with Crippen molar-refractivity contribution in [3.8, 4) is 0 Å². The number of nitrogens with one attached hydrogen (secondary N) is 2. The Morgan fingerprint density at radius 2 is 2.11 bits per heavy atom. The van der Waals surface area contributed by atoms with E-state index in [0.29, 0.717) is 0 Å². The summed E-state index contributed by atoms with van der Waals surface area (Å²) in [6, 6.07) is -0.987. The number of nitrogens with zero attached hydrogens (tertiary/aromatic N) is 1. The van der Waals surface area contributed by atoms with Crippen LogP contribution in [0.1, 0.15) is 19.8 Å². The van der Waals surface area contributed by atoms with E-state index in [1.807, 2.05) is 4.90 Å². The molecular formula is C12H21N3O4. The molecule has 2 amide bonds. The summed E-state index contributed by atoms with van der Waals surface area (Å²) in [5.41, 5.74) is 0. The summed E-state index contributed by atoms with van der Waals surface area (Å²) in [6.45, 7) is 2.35. The van der Waals surface area contributed by atoms with Crippen molar-refractivity contribution >= 4 is 17.8 Å². The van der Waals surface area contributed by atoms with E-state index in [2.05, 4.69) is 15.4 Å². The quantitative estimate of drug-likeness (QED) is 0.618. The molecule has 0 spiro atoms. The number of likely N-dealkylation sites (tertiary alicyclic amines) is 1. The second-order valence-electron chi connectivity index (χ2n) is 4.54. The molecule has 108 valence electrons. The van der Waals surface area contributed by atoms with E-state index in [1.54, 1.807) is 7.05 Å². The molecule has 0 radical (unpaired) electrons. The van der Waals surface area contributed by atoms with Crippen molar-refractivity contribution < 1.29 is 19.1 Å². The van der Waals surface area contributed by atoms with Crippen LogP contribution in [0.4, 0.5) is 0 Å². The molecule has 19 heavy (non-hydrogen) atoms. The van der Waals surface area contributed by atoms with E-state index in [9.17, 15) is 14.4 Å². The summed E-state index contributed by atoms with van der Waals surface area (Å²) >= 11 is 0. The molecule has 0 aromatic carbocycles. The van der Waals surface area contributed by atoms with E-state index in [0.717, 1.165) is 19.4 Å². The van der Waals surface area contributed by atoms with Crippen molar-refractivity contribution in [1.82, 2.24) is 15.5 Å². The van der Waals surface area contributed by atoms with Gasteiger partial charge in [-0.3, -0.25) is 14.5 Å². The van der Waals surface area contributed by atoms with Gasteiger partial charge in [0.05, 0.1) is 13.2 Å². The topological polar surface area (TPSA) is 87.7 Å². The summed E-state index contributed by atoms with van der Waals surface area (Å²) in [5, 5.41) is 5.16. The normalized spacial score (nSPS) is 20.7. The Balaban J connectivity index is 2.69. The number of carbonyl (C=O) groups is 3. The second kappa shape index (κ2) is 7.08. The van der Waals surface area contributed by atoms with Gasteiger partial charge in [-0.25, -0.2) is 4.79 Å². The zero-order valence-electron chi connectivity index (χ0n) is 11.6. The summed E-state index contributed by atoms with van der Waals surface area (Å²) in [4.78, 5) is 36.3. The van der Waals surface area contributed by atoms with Gasteiger partial charge in [-0.1, -0.05) is 0 Å². The van der Waals surface area contributed by atoms with Crippen molar-refractivity contribution in [1.29, 1.82) is 0 Å². The van der Waals surface area contributed by atoms with Crippen LogP contribution in [-0.2, 0) is 19.1 Å². The van der Waals surface area contributed by atoms with Crippen LogP contribution in [0.2, 0.25) is 0 Å². The highest BCUT2D eigenvalue weighted by molar-refractivity contribution is 5.84. The van der Waals surface area contributed by atoms with Gasteiger partial charge >= 0.3 is 5.97 Å². The SMILES string of the molecule is CNC(=O)C1CCCN1CC(NC(C)=O)C(=O)OC. The highest BCUT2D eigenvalue weighted by atomic mass is 16.5. The number of esters is 1. The third-order valence-corrected chi connectivity index (χ3v) is 3.19. The van der Waals surface area contributed by atoms with Crippen molar-refractivity contribution in [2.75, 3.05) is 27.2 Å². The monoisotopic (exact) mass is 271 g/mol. The molecule has 2 unspecified atom stereocenters. The molecule has 0 bridgehead atoms. The first kappa shape index (κ1) is 15.4. The molecule has 1 aliphatic rings. The Hall–Kier alpha value is -1.63. The molecule has 0 saturated carbocycles. The fourth-order valence-corrected chi connectivity index (χ4v) is 2.31. The van der Waals surface area contributed by atoms with Gasteiger partial charge in [0.1, 0.15) is 6.04 Å². The third kappa shape index (κ3) is 4.20. The number of ether oxygens (including phenoxy) is 1. The van der Waals surface area contributed by atoms with Gasteiger partial charge in [0.25, 0.3) is 0 Å². The summed E-state index contributed by atoms with van der Waals surface area (Å²) in [5.74, 6) is -0.868. The zero-order chi connectivity index (χ0) is 14.4. The number of carbonyl (C=O) groups excluding carboxylic acids is 3. The lowest BCUT2D eigenvalue weighted by molar-refractivity contribution is -0.145. The van der Waals surface area contributed by atoms with Crippen LogP contribution in [0, 0.1) is 0 Å². The van der Waals surface area contributed by atoms with Crippen molar-refractivity contribution in [2.45, 2.75) is 31.8 Å². The number of hydrogen-bond donors (Lipinski definition) is 2. The number of rotatable bonds is 5. The maximum atomic E-state index is 11.7. The average molecular weight is 271 g/mol. The van der Waals surface area contributed by atoms with Crippen LogP contribution >= 0.6 is 0 Å². The minimum atomic E-state index is -0.743. The van der Waals surface area contributed by atoms with Crippen LogP contribution in [-0.4, -0.2) is 62.0 Å². The molecule has 2 N–H and O–H groups in total. The lowest BCUT2D eigenvalue weighted by Crippen LogP contribution is -2.52. The maximum Gasteiger partial charge on any atom is 0.329 e. The minimum Gasteiger partial charge on any atom is -0.467 e. The van der Waals surface area contributed by atoms with E-state index < -0.39 is 12.0 Å². The fraction of sp³-hybridized carbons (Fsp3) is 0.750. The molecule has 7 nitrogen and oxygen atoms in total. The Labute approximate surface area is 112 Å². The van der Waals surface area contributed by atoms with Gasteiger partial charge in [0.15, 0.2) is 0 Å². The first-order chi connectivity index (χ1) is 8.99. The Bertz CT molecular complexity index is 359. The highest BCUT2D eigenvalue weighted by Gasteiger charge is 2.33. The number of likely N-dealkylation sites (N-methyl/N-ethyl adjacent to an activating group) is 1. The summed E-state index contributed by atoms with van der Waals surface area (Å²) in [7, 11) is 2.86. The molecule has 1 fully saturated rings. The van der Waals surface area contributed by atoms with Crippen LogP contribution in [0.3, 0.4) is 0 Å². The van der Waals surface area contributed by atoms with Gasteiger partial charge in [-0.2, -0.15) is 0 Å². The Kier molecular flexibility index (Phi) is 5.75. The zero-order valence-corrected chi connectivity index (χ0v) is 11.6. The van der Waals surface area contributed by atoms with E-state index in [1.165, 1.54) is 14.0 Å². The first-order valence-electron chi connectivity index (χ1n) is 6.30. The average Bonchev–Trinajstić information content (AvgIpc) is 2.83. The lowest BCUT2D eigenvalue weighted by Gasteiger charge is -2.26. The second-order valence-corrected chi connectivity index (χ2v) is 4.54. The Morgan fingerprint density at radius 1 is 1.42 bits per heavy atom. The molecule has 0 aromatic rings. The third-order valence-electron chi connectivity index (χ3n) is 3.19. The number of methoxy groups -OCH3 is 1. The lowest BCUT2D eigenvalue weighted by atomic mass is 10.2. The summed E-state index contributed by atoms with van der Waals surface area (Å²) < 4.78 is 4.66. The highest BCUT2D eigenvalue weighted by Crippen LogP contribution is 2.17. The van der Waals surface area contributed by atoms with Crippen molar-refractivity contribution in [2.24, 2.45) is 0 Å². The fourth-order valence-electron chi connectivity index (χ4n) is 2.31. The van der Waals surface area contributed by atoms with Gasteiger partial charge in [0.2, 0.25) is 11.8 Å². The van der Waals surface area contributed by atoms with Crippen molar-refractivity contribution in [3.05, 3.63) is 0 Å². The van der Waals surface area contributed by atoms with Crippen LogP contribution in [0.5, 0.6) is 0 Å². The standard InChI is InChI=1S/C12H21N3O4/c1-8(16)14-9(12(18)19-3)7-15-6-4-5-10(15)11(17)13-2/h9-10H,4-7H2,1-3H3,(H,13,17)(H,14,16). The molecule has 1 aliphatic heterocycles. The summed E-state index contributed by atoms with van der Waals surface area (Å²) in [6.07, 6.45) is 1.65. The van der Waals surface area contributed by atoms with Gasteiger partial charge < -0.3 is 15.4 Å². The van der Waals surface area contributed by atoms with Crippen molar-refractivity contribution in [3.63, 3.8) is 0 Å². The van der Waals surface area contributed by atoms with Crippen LogP contribution < -0.4 is 10.6 Å². The molecular weight excluding hydrogens is 250 g/mol. The maximum absolute atomic E-state index is 11.7. The van der Waals surface area contributed by atoms with Crippen LogP contribution in [0.15, 0.2) is 0 Å². The Morgan fingerprint density at radius 3 is 2.63 bits per heavy atom. The number of hydrogen-bond acceptors (Lipinski definition) is 5. The molecule has 7 heteroatoms. The van der Waals surface area contributed by atoms with E-state index in [-0.39, 0.29) is 24.4 Å².